The molecule has 0 aliphatic rings. The Morgan fingerprint density at radius 3 is 2.65 bits per heavy atom. The van der Waals surface area contributed by atoms with Crippen molar-refractivity contribution in [2.24, 2.45) is 0 Å². The number of nitro benzene ring substituents is 1. The van der Waals surface area contributed by atoms with Crippen LogP contribution in [0.4, 0.5) is 17.1 Å². The fourth-order valence-corrected chi connectivity index (χ4v) is 2.16. The Balaban J connectivity index is 2.29. The highest BCUT2D eigenvalue weighted by Gasteiger charge is 2.15. The molecule has 6 nitrogen and oxygen atoms in total. The quantitative estimate of drug-likeness (QED) is 0.368. The number of anilines is 2. The van der Waals surface area contributed by atoms with Gasteiger partial charge in [0.2, 0.25) is 0 Å². The molecule has 0 fully saturated rings. The number of hydrogen-bond donors (Lipinski definition) is 2. The molecular formula is C13H10IN3O3. The Morgan fingerprint density at radius 2 is 2.00 bits per heavy atom. The molecule has 0 unspecified atom stereocenters. The maximum atomic E-state index is 12.1. The van der Waals surface area contributed by atoms with Gasteiger partial charge in [0.25, 0.3) is 11.6 Å². The van der Waals surface area contributed by atoms with Crippen LogP contribution in [0.1, 0.15) is 10.4 Å². The molecule has 0 saturated heterocycles. The van der Waals surface area contributed by atoms with Crippen LogP contribution in [0.15, 0.2) is 42.5 Å². The third kappa shape index (κ3) is 3.23. The predicted octanol–water partition coefficient (Wildman–Crippen LogP) is 3.03. The van der Waals surface area contributed by atoms with Crippen molar-refractivity contribution in [2.45, 2.75) is 0 Å². The van der Waals surface area contributed by atoms with Crippen LogP contribution in [-0.2, 0) is 0 Å². The van der Waals surface area contributed by atoms with E-state index in [2.05, 4.69) is 27.9 Å². The zero-order valence-electron chi connectivity index (χ0n) is 10.2. The van der Waals surface area contributed by atoms with Crippen LogP contribution in [-0.4, -0.2) is 10.8 Å². The van der Waals surface area contributed by atoms with Gasteiger partial charge in [0.05, 0.1) is 10.5 Å². The zero-order valence-corrected chi connectivity index (χ0v) is 12.3. The lowest BCUT2D eigenvalue weighted by Gasteiger charge is -2.07. The number of carbonyl (C=O) groups excluding carboxylic acids is 1. The van der Waals surface area contributed by atoms with Crippen LogP contribution in [0, 0.1) is 13.7 Å². The molecule has 1 amide bonds. The van der Waals surface area contributed by atoms with Crippen molar-refractivity contribution in [2.75, 3.05) is 11.1 Å². The summed E-state index contributed by atoms with van der Waals surface area (Å²) in [5, 5.41) is 13.4. The minimum absolute atomic E-state index is 0.0815. The molecule has 20 heavy (non-hydrogen) atoms. The number of nitrogens with two attached hydrogens (primary N) is 1. The number of nitrogens with zero attached hydrogens (tertiary/aromatic N) is 1. The number of nitro groups is 1. The largest absolute Gasteiger partial charge is 0.398 e. The minimum Gasteiger partial charge on any atom is -0.398 e. The molecule has 0 aromatic heterocycles. The smallest absolute Gasteiger partial charge is 0.270 e. The molecule has 2 aromatic carbocycles. The second-order valence-electron chi connectivity index (χ2n) is 3.99. The van der Waals surface area contributed by atoms with Gasteiger partial charge in [0.15, 0.2) is 0 Å². The first-order chi connectivity index (χ1) is 9.47. The summed E-state index contributed by atoms with van der Waals surface area (Å²) in [7, 11) is 0. The average Bonchev–Trinajstić information content (AvgIpc) is 2.38. The summed E-state index contributed by atoms with van der Waals surface area (Å²) in [4.78, 5) is 22.3. The second kappa shape index (κ2) is 5.87. The Labute approximate surface area is 128 Å². The number of hydrogen-bond acceptors (Lipinski definition) is 4. The van der Waals surface area contributed by atoms with Gasteiger partial charge in [-0.15, -0.1) is 0 Å². The molecule has 0 atom stereocenters. The topological polar surface area (TPSA) is 98.3 Å². The molecule has 102 valence electrons. The summed E-state index contributed by atoms with van der Waals surface area (Å²) in [5.41, 5.74) is 6.39. The van der Waals surface area contributed by atoms with Crippen molar-refractivity contribution < 1.29 is 9.72 Å². The summed E-state index contributed by atoms with van der Waals surface area (Å²) >= 11 is 2.12. The standard InChI is InChI=1S/C13H10IN3O3/c14-8-2-1-3-9(6-8)16-13(18)11-7-10(17(19)20)4-5-12(11)15/h1-7H,15H2,(H,16,18). The molecule has 0 aliphatic heterocycles. The minimum atomic E-state index is -0.568. The van der Waals surface area contributed by atoms with Crippen LogP contribution in [0.25, 0.3) is 0 Å². The summed E-state index contributed by atoms with van der Waals surface area (Å²) < 4.78 is 0.965. The summed E-state index contributed by atoms with van der Waals surface area (Å²) in [6.45, 7) is 0. The molecule has 2 aromatic rings. The van der Waals surface area contributed by atoms with Gasteiger partial charge in [-0.2, -0.15) is 0 Å². The van der Waals surface area contributed by atoms with Crippen LogP contribution >= 0.6 is 22.6 Å². The summed E-state index contributed by atoms with van der Waals surface area (Å²) in [6.07, 6.45) is 0. The molecule has 2 rings (SSSR count). The Kier molecular flexibility index (Phi) is 4.18. The third-order valence-corrected chi connectivity index (χ3v) is 3.25. The van der Waals surface area contributed by atoms with Gasteiger partial charge in [-0.25, -0.2) is 0 Å². The predicted molar refractivity (Wildman–Crippen MR) is 84.6 cm³/mol. The van der Waals surface area contributed by atoms with Gasteiger partial charge in [0, 0.05) is 27.1 Å². The molecular weight excluding hydrogens is 373 g/mol. The normalized spacial score (nSPS) is 10.1. The van der Waals surface area contributed by atoms with Crippen molar-refractivity contribution in [1.29, 1.82) is 0 Å². The van der Waals surface area contributed by atoms with Crippen LogP contribution < -0.4 is 11.1 Å². The van der Waals surface area contributed by atoms with Crippen molar-refractivity contribution in [3.05, 3.63) is 61.7 Å². The first-order valence-electron chi connectivity index (χ1n) is 5.58. The average molecular weight is 383 g/mol. The molecule has 0 spiro atoms. The van der Waals surface area contributed by atoms with Gasteiger partial charge in [-0.05, 0) is 46.9 Å². The van der Waals surface area contributed by atoms with E-state index in [0.29, 0.717) is 5.69 Å². The first kappa shape index (κ1) is 14.3. The van der Waals surface area contributed by atoms with Crippen molar-refractivity contribution in [3.8, 4) is 0 Å². The Hall–Kier alpha value is -2.16. The molecule has 0 aliphatic carbocycles. The van der Waals surface area contributed by atoms with Gasteiger partial charge >= 0.3 is 0 Å². The lowest BCUT2D eigenvalue weighted by molar-refractivity contribution is -0.384. The molecule has 0 bridgehead atoms. The van der Waals surface area contributed by atoms with E-state index in [1.54, 1.807) is 18.2 Å². The SMILES string of the molecule is Nc1ccc([N+](=O)[O-])cc1C(=O)Nc1cccc(I)c1. The van der Waals surface area contributed by atoms with Gasteiger partial charge in [0.1, 0.15) is 0 Å². The zero-order chi connectivity index (χ0) is 14.7. The van der Waals surface area contributed by atoms with Crippen molar-refractivity contribution in [3.63, 3.8) is 0 Å². The van der Waals surface area contributed by atoms with Gasteiger partial charge in [-0.3, -0.25) is 14.9 Å². The van der Waals surface area contributed by atoms with E-state index in [1.165, 1.54) is 18.2 Å². The van der Waals surface area contributed by atoms with Crippen molar-refractivity contribution in [1.82, 2.24) is 0 Å². The molecule has 0 saturated carbocycles. The molecule has 3 N–H and O–H groups in total. The number of amides is 1. The molecule has 0 heterocycles. The number of carbonyl (C=O) groups is 1. The first-order valence-corrected chi connectivity index (χ1v) is 6.66. The fourth-order valence-electron chi connectivity index (χ4n) is 1.62. The highest BCUT2D eigenvalue weighted by molar-refractivity contribution is 14.1. The number of nitrogen functional groups attached to an aromatic ring is 1. The molecule has 0 radical (unpaired) electrons. The van der Waals surface area contributed by atoms with Crippen LogP contribution in [0.3, 0.4) is 0 Å². The lowest BCUT2D eigenvalue weighted by Crippen LogP contribution is -2.14. The van der Waals surface area contributed by atoms with Crippen LogP contribution in [0.2, 0.25) is 0 Å². The van der Waals surface area contributed by atoms with Gasteiger partial charge < -0.3 is 11.1 Å². The van der Waals surface area contributed by atoms with Gasteiger partial charge in [-0.1, -0.05) is 6.07 Å². The Morgan fingerprint density at radius 1 is 1.25 bits per heavy atom. The van der Waals surface area contributed by atoms with E-state index in [4.69, 9.17) is 5.73 Å². The van der Waals surface area contributed by atoms with Crippen LogP contribution in [0.5, 0.6) is 0 Å². The maximum absolute atomic E-state index is 12.1. The molecule has 7 heteroatoms. The van der Waals surface area contributed by atoms with E-state index in [1.807, 2.05) is 6.07 Å². The van der Waals surface area contributed by atoms with E-state index in [0.717, 1.165) is 3.57 Å². The van der Waals surface area contributed by atoms with E-state index >= 15 is 0 Å². The fraction of sp³-hybridized carbons (Fsp3) is 0. The van der Waals surface area contributed by atoms with E-state index < -0.39 is 10.8 Å². The highest BCUT2D eigenvalue weighted by Crippen LogP contribution is 2.21. The lowest BCUT2D eigenvalue weighted by atomic mass is 10.1. The third-order valence-electron chi connectivity index (χ3n) is 2.57. The number of halogens is 1. The summed E-state index contributed by atoms with van der Waals surface area (Å²) in [5.74, 6) is -0.479. The number of non-ortho nitro benzene ring substituents is 1. The monoisotopic (exact) mass is 383 g/mol. The summed E-state index contributed by atoms with van der Waals surface area (Å²) in [6, 6.07) is 11.0. The van der Waals surface area contributed by atoms with E-state index in [9.17, 15) is 14.9 Å². The number of nitrogens with one attached hydrogen (secondary N) is 1. The van der Waals surface area contributed by atoms with E-state index in [-0.39, 0.29) is 16.9 Å². The highest BCUT2D eigenvalue weighted by atomic mass is 127. The number of rotatable bonds is 3. The Bertz CT molecular complexity index is 688. The number of benzene rings is 2. The van der Waals surface area contributed by atoms with Crippen molar-refractivity contribution >= 4 is 45.6 Å². The maximum Gasteiger partial charge on any atom is 0.270 e. The second-order valence-corrected chi connectivity index (χ2v) is 5.24.